The number of nitro groups is 1. The van der Waals surface area contributed by atoms with E-state index in [2.05, 4.69) is 15.2 Å². The Kier molecular flexibility index (Phi) is 5.65. The number of aliphatic imine (C=N–C) groups is 1. The predicted octanol–water partition coefficient (Wildman–Crippen LogP) is 2.89. The van der Waals surface area contributed by atoms with Crippen molar-refractivity contribution in [3.05, 3.63) is 64.0 Å². The van der Waals surface area contributed by atoms with Gasteiger partial charge >= 0.3 is 0 Å². The molecule has 0 radical (unpaired) electrons. The average molecular weight is 385 g/mol. The molecule has 1 fully saturated rings. The number of carbonyl (C=O) groups excluding carboxylic acids is 1. The second-order valence-corrected chi connectivity index (χ2v) is 6.61. The highest BCUT2D eigenvalue weighted by molar-refractivity contribution is 6.08. The minimum absolute atomic E-state index is 0.0487. The van der Waals surface area contributed by atoms with Gasteiger partial charge in [-0.25, -0.2) is 9.38 Å². The van der Waals surface area contributed by atoms with Gasteiger partial charge in [0, 0.05) is 38.0 Å². The zero-order valence-corrected chi connectivity index (χ0v) is 15.6. The molecule has 2 aromatic rings. The number of amidine groups is 1. The van der Waals surface area contributed by atoms with Gasteiger partial charge in [0.15, 0.2) is 0 Å². The molecule has 8 nitrogen and oxygen atoms in total. The lowest BCUT2D eigenvalue weighted by Gasteiger charge is -2.32. The van der Waals surface area contributed by atoms with Gasteiger partial charge in [-0.3, -0.25) is 19.8 Å². The van der Waals surface area contributed by atoms with E-state index < -0.39 is 16.6 Å². The van der Waals surface area contributed by atoms with Crippen molar-refractivity contribution in [3.8, 4) is 0 Å². The molecule has 9 heteroatoms. The van der Waals surface area contributed by atoms with Gasteiger partial charge in [-0.2, -0.15) is 0 Å². The number of likely N-dealkylation sites (N-methyl/N-ethyl adjacent to an activating group) is 2. The molecule has 0 saturated carbocycles. The van der Waals surface area contributed by atoms with Crippen LogP contribution >= 0.6 is 0 Å². The summed E-state index contributed by atoms with van der Waals surface area (Å²) in [4.78, 5) is 32.0. The lowest BCUT2D eigenvalue weighted by Crippen LogP contribution is -2.46. The van der Waals surface area contributed by atoms with Crippen molar-refractivity contribution in [1.82, 2.24) is 9.80 Å². The van der Waals surface area contributed by atoms with Crippen molar-refractivity contribution in [1.29, 1.82) is 0 Å². The van der Waals surface area contributed by atoms with Gasteiger partial charge in [-0.1, -0.05) is 6.07 Å². The minimum atomic E-state index is -0.597. The van der Waals surface area contributed by atoms with Crippen LogP contribution in [0.2, 0.25) is 0 Å². The molecule has 146 valence electrons. The van der Waals surface area contributed by atoms with Crippen molar-refractivity contribution >= 4 is 28.8 Å². The SMILES string of the molecule is CN1CCN(C)/C(=N\c2ccc([N+](=O)[O-])cc2C(=O)Nc2cccc(F)c2)C1. The Bertz CT molecular complexity index is 947. The largest absolute Gasteiger partial charge is 0.361 e. The van der Waals surface area contributed by atoms with E-state index in [1.54, 1.807) is 0 Å². The van der Waals surface area contributed by atoms with Crippen molar-refractivity contribution in [2.75, 3.05) is 39.0 Å². The maximum Gasteiger partial charge on any atom is 0.270 e. The van der Waals surface area contributed by atoms with Crippen molar-refractivity contribution in [2.24, 2.45) is 4.99 Å². The van der Waals surface area contributed by atoms with Gasteiger partial charge in [0.2, 0.25) is 0 Å². The highest BCUT2D eigenvalue weighted by Gasteiger charge is 2.20. The van der Waals surface area contributed by atoms with Gasteiger partial charge < -0.3 is 10.2 Å². The van der Waals surface area contributed by atoms with Crippen LogP contribution in [0.4, 0.5) is 21.5 Å². The number of nitrogens with zero attached hydrogens (tertiary/aromatic N) is 4. The Morgan fingerprint density at radius 1 is 1.21 bits per heavy atom. The molecule has 1 saturated heterocycles. The molecule has 0 aliphatic carbocycles. The first-order valence-corrected chi connectivity index (χ1v) is 8.66. The van der Waals surface area contributed by atoms with Crippen LogP contribution in [-0.2, 0) is 0 Å². The molecule has 0 spiro atoms. The first-order chi connectivity index (χ1) is 13.3. The maximum atomic E-state index is 13.4. The van der Waals surface area contributed by atoms with E-state index in [1.807, 2.05) is 19.0 Å². The molecule has 0 atom stereocenters. The van der Waals surface area contributed by atoms with E-state index in [-0.39, 0.29) is 16.9 Å². The van der Waals surface area contributed by atoms with Crippen LogP contribution in [-0.4, -0.2) is 60.2 Å². The quantitative estimate of drug-likeness (QED) is 0.645. The second-order valence-electron chi connectivity index (χ2n) is 6.61. The summed E-state index contributed by atoms with van der Waals surface area (Å²) in [6, 6.07) is 9.38. The summed E-state index contributed by atoms with van der Waals surface area (Å²) < 4.78 is 13.4. The monoisotopic (exact) mass is 385 g/mol. The van der Waals surface area contributed by atoms with E-state index in [9.17, 15) is 19.3 Å². The fourth-order valence-electron chi connectivity index (χ4n) is 2.83. The summed E-state index contributed by atoms with van der Waals surface area (Å²) in [5.74, 6) is -0.341. The number of rotatable bonds is 4. The molecular formula is C19H20FN5O3. The molecule has 3 rings (SSSR count). The number of hydrogen-bond donors (Lipinski definition) is 1. The molecule has 0 bridgehead atoms. The number of non-ortho nitro benzene ring substituents is 1. The number of benzene rings is 2. The highest BCUT2D eigenvalue weighted by Crippen LogP contribution is 2.26. The highest BCUT2D eigenvalue weighted by atomic mass is 19.1. The molecule has 2 aromatic carbocycles. The number of hydrogen-bond acceptors (Lipinski definition) is 5. The Morgan fingerprint density at radius 2 is 2.00 bits per heavy atom. The van der Waals surface area contributed by atoms with E-state index in [0.717, 1.165) is 18.9 Å². The Balaban J connectivity index is 1.98. The molecule has 28 heavy (non-hydrogen) atoms. The maximum absolute atomic E-state index is 13.4. The van der Waals surface area contributed by atoms with E-state index in [0.29, 0.717) is 12.2 Å². The van der Waals surface area contributed by atoms with Gasteiger partial charge in [0.1, 0.15) is 11.7 Å². The molecule has 1 heterocycles. The molecule has 1 aliphatic heterocycles. The fraction of sp³-hybridized carbons (Fsp3) is 0.263. The third-order valence-electron chi connectivity index (χ3n) is 4.44. The van der Waals surface area contributed by atoms with Gasteiger partial charge in [0.25, 0.3) is 11.6 Å². The Hall–Kier alpha value is -3.33. The number of nitrogens with one attached hydrogen (secondary N) is 1. The summed E-state index contributed by atoms with van der Waals surface area (Å²) in [7, 11) is 3.87. The smallest absolute Gasteiger partial charge is 0.270 e. The summed E-state index contributed by atoms with van der Waals surface area (Å²) in [5.41, 5.74) is 0.399. The summed E-state index contributed by atoms with van der Waals surface area (Å²) in [6.07, 6.45) is 0. The molecule has 1 aliphatic rings. The number of carbonyl (C=O) groups is 1. The third kappa shape index (κ3) is 4.49. The number of anilines is 1. The predicted molar refractivity (Wildman–Crippen MR) is 105 cm³/mol. The van der Waals surface area contributed by atoms with Crippen LogP contribution in [0.3, 0.4) is 0 Å². The number of piperazine rings is 1. The van der Waals surface area contributed by atoms with Crippen molar-refractivity contribution in [3.63, 3.8) is 0 Å². The van der Waals surface area contributed by atoms with E-state index in [1.165, 1.54) is 42.5 Å². The first kappa shape index (κ1) is 19.4. The van der Waals surface area contributed by atoms with Crippen LogP contribution in [0.25, 0.3) is 0 Å². The van der Waals surface area contributed by atoms with Crippen LogP contribution < -0.4 is 5.32 Å². The van der Waals surface area contributed by atoms with Gasteiger partial charge in [0.05, 0.1) is 22.7 Å². The zero-order valence-electron chi connectivity index (χ0n) is 15.6. The second kappa shape index (κ2) is 8.13. The van der Waals surface area contributed by atoms with Crippen LogP contribution in [0.5, 0.6) is 0 Å². The molecule has 0 unspecified atom stereocenters. The lowest BCUT2D eigenvalue weighted by molar-refractivity contribution is -0.384. The van der Waals surface area contributed by atoms with Crippen molar-refractivity contribution in [2.45, 2.75) is 0 Å². The molecule has 0 aromatic heterocycles. The average Bonchev–Trinajstić information content (AvgIpc) is 2.64. The van der Waals surface area contributed by atoms with Crippen LogP contribution in [0.1, 0.15) is 10.4 Å². The van der Waals surface area contributed by atoms with Crippen LogP contribution in [0.15, 0.2) is 47.5 Å². The van der Waals surface area contributed by atoms with E-state index >= 15 is 0 Å². The third-order valence-corrected chi connectivity index (χ3v) is 4.44. The Labute approximate surface area is 161 Å². The van der Waals surface area contributed by atoms with Crippen molar-refractivity contribution < 1.29 is 14.1 Å². The zero-order chi connectivity index (χ0) is 20.3. The number of nitro benzene ring substituents is 1. The summed E-state index contributed by atoms with van der Waals surface area (Å²) >= 11 is 0. The normalized spacial score (nSPS) is 16.2. The summed E-state index contributed by atoms with van der Waals surface area (Å²) in [6.45, 7) is 2.27. The minimum Gasteiger partial charge on any atom is -0.361 e. The lowest BCUT2D eigenvalue weighted by atomic mass is 10.1. The van der Waals surface area contributed by atoms with Gasteiger partial charge in [-0.05, 0) is 31.3 Å². The first-order valence-electron chi connectivity index (χ1n) is 8.66. The Morgan fingerprint density at radius 3 is 2.71 bits per heavy atom. The topological polar surface area (TPSA) is 91.1 Å². The number of halogens is 1. The fourth-order valence-corrected chi connectivity index (χ4v) is 2.83. The van der Waals surface area contributed by atoms with Gasteiger partial charge in [-0.15, -0.1) is 0 Å². The molecule has 1 amide bonds. The number of amides is 1. The molecular weight excluding hydrogens is 365 g/mol. The summed E-state index contributed by atoms with van der Waals surface area (Å²) in [5, 5.41) is 13.7. The van der Waals surface area contributed by atoms with Crippen LogP contribution in [0, 0.1) is 15.9 Å². The van der Waals surface area contributed by atoms with E-state index in [4.69, 9.17) is 0 Å². The molecule has 1 N–H and O–H groups in total. The standard InChI is InChI=1S/C19H20FN5O3/c1-23-8-9-24(2)18(12-23)22-17-7-6-15(25(27)28)11-16(17)19(26)21-14-5-3-4-13(20)10-14/h3-7,10-11H,8-9,12H2,1-2H3,(H,21,26)/b22-18-.